The van der Waals surface area contributed by atoms with Crippen molar-refractivity contribution in [2.24, 2.45) is 0 Å². The van der Waals surface area contributed by atoms with Gasteiger partial charge in [-0.3, -0.25) is 29.8 Å². The van der Waals surface area contributed by atoms with Crippen LogP contribution < -0.4 is 16.4 Å². The van der Waals surface area contributed by atoms with E-state index in [2.05, 4.69) is 22.4 Å². The number of nitrogens with zero attached hydrogens (tertiary/aromatic N) is 2. The van der Waals surface area contributed by atoms with Crippen LogP contribution in [0.5, 0.6) is 0 Å². The van der Waals surface area contributed by atoms with Crippen molar-refractivity contribution in [3.05, 3.63) is 71.4 Å². The van der Waals surface area contributed by atoms with Crippen molar-refractivity contribution >= 4 is 34.5 Å². The lowest BCUT2D eigenvalue weighted by Crippen LogP contribution is -2.42. The summed E-state index contributed by atoms with van der Waals surface area (Å²) in [7, 11) is 0. The molecule has 9 heteroatoms. The summed E-state index contributed by atoms with van der Waals surface area (Å²) in [6, 6.07) is 10.0. The Bertz CT molecular complexity index is 1040. The summed E-state index contributed by atoms with van der Waals surface area (Å²) in [6.07, 6.45) is 2.95. The highest BCUT2D eigenvalue weighted by Gasteiger charge is 2.13. The number of thioether (sulfide) groups is 1. The van der Waals surface area contributed by atoms with E-state index in [1.807, 2.05) is 0 Å². The highest BCUT2D eigenvalue weighted by molar-refractivity contribution is 7.99. The number of furan rings is 1. The van der Waals surface area contributed by atoms with Gasteiger partial charge in [0.2, 0.25) is 5.91 Å². The van der Waals surface area contributed by atoms with Gasteiger partial charge >= 0.3 is 5.91 Å². The zero-order valence-electron chi connectivity index (χ0n) is 14.2. The van der Waals surface area contributed by atoms with Crippen LogP contribution >= 0.6 is 11.8 Å². The van der Waals surface area contributed by atoms with Gasteiger partial charge in [0.1, 0.15) is 0 Å². The second-order valence-corrected chi connectivity index (χ2v) is 6.33. The third-order valence-electron chi connectivity index (χ3n) is 3.53. The molecule has 0 aliphatic rings. The maximum absolute atomic E-state index is 12.6. The predicted octanol–water partition coefficient (Wildman–Crippen LogP) is 1.73. The number of carbonyl (C=O) groups is 2. The lowest BCUT2D eigenvalue weighted by atomic mass is 10.2. The highest BCUT2D eigenvalue weighted by atomic mass is 32.2. The number of amides is 2. The van der Waals surface area contributed by atoms with Gasteiger partial charge in [0.05, 0.1) is 22.9 Å². The summed E-state index contributed by atoms with van der Waals surface area (Å²) in [5, 5.41) is 0.893. The molecule has 0 bridgehead atoms. The molecule has 3 aromatic rings. The Morgan fingerprint density at radius 1 is 1.22 bits per heavy atom. The van der Waals surface area contributed by atoms with Gasteiger partial charge in [-0.15, -0.1) is 6.58 Å². The largest absolute Gasteiger partial charge is 0.459 e. The van der Waals surface area contributed by atoms with Crippen LogP contribution in [0.3, 0.4) is 0 Å². The fourth-order valence-electron chi connectivity index (χ4n) is 2.31. The second kappa shape index (κ2) is 8.37. The van der Waals surface area contributed by atoms with Crippen LogP contribution in [0.25, 0.3) is 10.9 Å². The fraction of sp³-hybridized carbons (Fsp3) is 0.111. The molecule has 0 aliphatic carbocycles. The molecule has 0 spiro atoms. The number of benzene rings is 1. The molecule has 3 rings (SSSR count). The minimum absolute atomic E-state index is 0.0413. The number of hydrogen-bond acceptors (Lipinski definition) is 6. The van der Waals surface area contributed by atoms with E-state index < -0.39 is 11.8 Å². The van der Waals surface area contributed by atoms with E-state index in [-0.39, 0.29) is 23.6 Å². The van der Waals surface area contributed by atoms with Crippen molar-refractivity contribution in [2.75, 3.05) is 5.75 Å². The zero-order valence-corrected chi connectivity index (χ0v) is 15.0. The molecule has 2 aromatic heterocycles. The van der Waals surface area contributed by atoms with Gasteiger partial charge in [-0.05, 0) is 24.3 Å². The van der Waals surface area contributed by atoms with E-state index >= 15 is 0 Å². The summed E-state index contributed by atoms with van der Waals surface area (Å²) in [6.45, 7) is 3.93. The van der Waals surface area contributed by atoms with Gasteiger partial charge in [-0.1, -0.05) is 30.0 Å². The topological polar surface area (TPSA) is 106 Å². The molecule has 0 unspecified atom stereocenters. The molecule has 0 saturated heterocycles. The monoisotopic (exact) mass is 384 g/mol. The lowest BCUT2D eigenvalue weighted by Gasteiger charge is -2.11. The third-order valence-corrected chi connectivity index (χ3v) is 4.51. The first kappa shape index (κ1) is 18.5. The van der Waals surface area contributed by atoms with Crippen LogP contribution in [0.1, 0.15) is 10.6 Å². The Hall–Kier alpha value is -3.33. The van der Waals surface area contributed by atoms with Crippen molar-refractivity contribution in [3.8, 4) is 0 Å². The molecule has 138 valence electrons. The Morgan fingerprint density at radius 2 is 2.04 bits per heavy atom. The number of hydrazine groups is 1. The third kappa shape index (κ3) is 4.26. The minimum atomic E-state index is -0.564. The number of rotatable bonds is 6. The molecular weight excluding hydrogens is 368 g/mol. The first-order chi connectivity index (χ1) is 13.1. The first-order valence-electron chi connectivity index (χ1n) is 7.96. The molecule has 0 radical (unpaired) electrons. The predicted molar refractivity (Wildman–Crippen MR) is 101 cm³/mol. The fourth-order valence-corrected chi connectivity index (χ4v) is 3.12. The molecular formula is C18H16N4O4S. The van der Waals surface area contributed by atoms with Crippen LogP contribution in [0, 0.1) is 0 Å². The number of para-hydroxylation sites is 1. The normalized spacial score (nSPS) is 10.5. The van der Waals surface area contributed by atoms with Crippen LogP contribution in [-0.4, -0.2) is 27.1 Å². The summed E-state index contributed by atoms with van der Waals surface area (Å²) < 4.78 is 6.38. The van der Waals surface area contributed by atoms with Gasteiger partial charge in [-0.25, -0.2) is 4.98 Å². The van der Waals surface area contributed by atoms with E-state index in [1.165, 1.54) is 16.9 Å². The average molecular weight is 384 g/mol. The number of fused-ring (bicyclic) bond motifs is 1. The molecule has 1 aromatic carbocycles. The van der Waals surface area contributed by atoms with Gasteiger partial charge in [0.25, 0.3) is 5.56 Å². The van der Waals surface area contributed by atoms with Crippen LogP contribution in [0.15, 0.2) is 69.7 Å². The van der Waals surface area contributed by atoms with Crippen LogP contribution in [0.2, 0.25) is 0 Å². The number of allylic oxidation sites excluding steroid dienone is 1. The zero-order chi connectivity index (χ0) is 19.2. The summed E-state index contributed by atoms with van der Waals surface area (Å²) in [4.78, 5) is 40.8. The molecule has 8 nitrogen and oxygen atoms in total. The molecule has 0 saturated carbocycles. The maximum atomic E-state index is 12.6. The van der Waals surface area contributed by atoms with Crippen molar-refractivity contribution in [1.29, 1.82) is 0 Å². The smallest absolute Gasteiger partial charge is 0.305 e. The SMILES string of the molecule is C=CCn1c(SCC(=O)NNC(=O)c2ccco2)nc2ccccc2c1=O. The Labute approximate surface area is 158 Å². The second-order valence-electron chi connectivity index (χ2n) is 5.38. The van der Waals surface area contributed by atoms with Crippen molar-refractivity contribution in [2.45, 2.75) is 11.7 Å². The van der Waals surface area contributed by atoms with Gasteiger partial charge in [-0.2, -0.15) is 0 Å². The van der Waals surface area contributed by atoms with E-state index in [0.717, 1.165) is 11.8 Å². The molecule has 2 amide bonds. The molecule has 27 heavy (non-hydrogen) atoms. The number of hydrogen-bond donors (Lipinski definition) is 2. The first-order valence-corrected chi connectivity index (χ1v) is 8.94. The van der Waals surface area contributed by atoms with Gasteiger partial charge in [0.15, 0.2) is 10.9 Å². The molecule has 0 atom stereocenters. The summed E-state index contributed by atoms with van der Waals surface area (Å²) in [5.41, 5.74) is 4.89. The molecule has 0 aliphatic heterocycles. The van der Waals surface area contributed by atoms with Crippen molar-refractivity contribution in [3.63, 3.8) is 0 Å². The molecule has 2 N–H and O–H groups in total. The van der Waals surface area contributed by atoms with Crippen LogP contribution in [0.4, 0.5) is 0 Å². The standard InChI is InChI=1S/C18H16N4O4S/c1-2-9-22-17(25)12-6-3-4-7-13(12)19-18(22)27-11-15(23)20-21-16(24)14-8-5-10-26-14/h2-8,10H,1,9,11H2,(H,20,23)(H,21,24). The molecule has 0 fully saturated rings. The van der Waals surface area contributed by atoms with E-state index in [1.54, 1.807) is 36.4 Å². The van der Waals surface area contributed by atoms with E-state index in [9.17, 15) is 14.4 Å². The van der Waals surface area contributed by atoms with E-state index in [0.29, 0.717) is 16.1 Å². The van der Waals surface area contributed by atoms with Crippen molar-refractivity contribution in [1.82, 2.24) is 20.4 Å². The van der Waals surface area contributed by atoms with E-state index in [4.69, 9.17) is 4.42 Å². The Kier molecular flexibility index (Phi) is 5.72. The lowest BCUT2D eigenvalue weighted by molar-refractivity contribution is -0.119. The minimum Gasteiger partial charge on any atom is -0.459 e. The number of carbonyl (C=O) groups excluding carboxylic acids is 2. The van der Waals surface area contributed by atoms with Gasteiger partial charge in [0, 0.05) is 6.54 Å². The Morgan fingerprint density at radius 3 is 2.78 bits per heavy atom. The average Bonchev–Trinajstić information content (AvgIpc) is 3.22. The maximum Gasteiger partial charge on any atom is 0.305 e. The molecule has 2 heterocycles. The van der Waals surface area contributed by atoms with Crippen molar-refractivity contribution < 1.29 is 14.0 Å². The highest BCUT2D eigenvalue weighted by Crippen LogP contribution is 2.17. The van der Waals surface area contributed by atoms with Gasteiger partial charge < -0.3 is 4.42 Å². The van der Waals surface area contributed by atoms with Crippen LogP contribution in [-0.2, 0) is 11.3 Å². The Balaban J connectivity index is 1.69. The number of nitrogens with one attached hydrogen (secondary N) is 2. The summed E-state index contributed by atoms with van der Waals surface area (Å²) >= 11 is 1.09. The quantitative estimate of drug-likeness (QED) is 0.290. The number of aromatic nitrogens is 2. The summed E-state index contributed by atoms with van der Waals surface area (Å²) in [5.74, 6) is -0.974.